The van der Waals surface area contributed by atoms with Gasteiger partial charge in [0.2, 0.25) is 6.41 Å². The highest BCUT2D eigenvalue weighted by atomic mass is 32.2. The average molecular weight is 129 g/mol. The highest BCUT2D eigenvalue weighted by Gasteiger charge is 1.79. The summed E-state index contributed by atoms with van der Waals surface area (Å²) in [7, 11) is 0. The molecular formula is C5H7NOS. The van der Waals surface area contributed by atoms with Gasteiger partial charge < -0.3 is 4.72 Å². The van der Waals surface area contributed by atoms with Crippen LogP contribution in [0.4, 0.5) is 0 Å². The minimum atomic E-state index is 0.640. The Kier molecular flexibility index (Phi) is 5.89. The fraction of sp³-hybridized carbons (Fsp3) is 0.400. The first kappa shape index (κ1) is 7.38. The van der Waals surface area contributed by atoms with Crippen LogP contribution in [0.3, 0.4) is 0 Å². The molecule has 0 aromatic heterocycles. The predicted octanol–water partition coefficient (Wildman–Crippen LogP) is 0.404. The second kappa shape index (κ2) is 6.38. The summed E-state index contributed by atoms with van der Waals surface area (Å²) < 4.78 is 2.42. The molecule has 0 heterocycles. The Morgan fingerprint density at radius 3 is 3.12 bits per heavy atom. The lowest BCUT2D eigenvalue weighted by atomic mass is 10.5. The molecule has 0 spiro atoms. The van der Waals surface area contributed by atoms with E-state index < -0.39 is 0 Å². The lowest BCUT2D eigenvalue weighted by Gasteiger charge is -1.89. The maximum atomic E-state index is 9.58. The van der Waals surface area contributed by atoms with Gasteiger partial charge in [0.15, 0.2) is 0 Å². The summed E-state index contributed by atoms with van der Waals surface area (Å²) in [4.78, 5) is 9.58. The Hall–Kier alpha value is -0.620. The molecule has 1 amide bonds. The molecule has 0 saturated heterocycles. The third-order valence-corrected chi connectivity index (χ3v) is 1.15. The van der Waals surface area contributed by atoms with E-state index >= 15 is 0 Å². The van der Waals surface area contributed by atoms with Crippen molar-refractivity contribution < 1.29 is 4.79 Å². The smallest absolute Gasteiger partial charge is 0.216 e. The zero-order valence-corrected chi connectivity index (χ0v) is 5.20. The van der Waals surface area contributed by atoms with Gasteiger partial charge in [-0.25, -0.2) is 0 Å². The van der Waals surface area contributed by atoms with Crippen LogP contribution < -0.4 is 4.72 Å². The topological polar surface area (TPSA) is 29.1 Å². The van der Waals surface area contributed by atoms with Gasteiger partial charge in [-0.2, -0.15) is 0 Å². The molecular weight excluding hydrogens is 122 g/mol. The standard InChI is InChI=1S/C5H7NOS/c1-2-3-4-8-6-5-7/h1,5H,3-4H2,(H,6,7). The summed E-state index contributed by atoms with van der Waals surface area (Å²) in [5.74, 6) is 3.24. The van der Waals surface area contributed by atoms with Crippen molar-refractivity contribution in [1.82, 2.24) is 4.72 Å². The minimum Gasteiger partial charge on any atom is -0.303 e. The van der Waals surface area contributed by atoms with Gasteiger partial charge in [0, 0.05) is 12.2 Å². The average Bonchev–Trinajstić information content (AvgIpc) is 1.81. The van der Waals surface area contributed by atoms with E-state index in [0.717, 1.165) is 5.75 Å². The van der Waals surface area contributed by atoms with Crippen molar-refractivity contribution in [3.63, 3.8) is 0 Å². The highest BCUT2D eigenvalue weighted by molar-refractivity contribution is 7.97. The summed E-state index contributed by atoms with van der Waals surface area (Å²) in [5.41, 5.74) is 0. The van der Waals surface area contributed by atoms with Crippen LogP contribution >= 0.6 is 11.9 Å². The summed E-state index contributed by atoms with van der Waals surface area (Å²) >= 11 is 1.32. The van der Waals surface area contributed by atoms with Gasteiger partial charge in [-0.15, -0.1) is 12.3 Å². The molecule has 3 heteroatoms. The summed E-state index contributed by atoms with van der Waals surface area (Å²) in [6, 6.07) is 0. The fourth-order valence-corrected chi connectivity index (χ4v) is 0.609. The zero-order chi connectivity index (χ0) is 6.24. The van der Waals surface area contributed by atoms with E-state index in [1.54, 1.807) is 0 Å². The van der Waals surface area contributed by atoms with Gasteiger partial charge in [-0.1, -0.05) is 0 Å². The first-order chi connectivity index (χ1) is 3.91. The molecule has 0 aromatic carbocycles. The molecule has 0 bridgehead atoms. The molecule has 0 aliphatic heterocycles. The van der Waals surface area contributed by atoms with Crippen LogP contribution in [0.25, 0.3) is 0 Å². The Morgan fingerprint density at radius 2 is 2.62 bits per heavy atom. The van der Waals surface area contributed by atoms with Crippen molar-refractivity contribution in [2.75, 3.05) is 5.75 Å². The van der Waals surface area contributed by atoms with E-state index in [2.05, 4.69) is 10.6 Å². The van der Waals surface area contributed by atoms with Crippen molar-refractivity contribution in [2.24, 2.45) is 0 Å². The Labute approximate surface area is 53.2 Å². The van der Waals surface area contributed by atoms with E-state index in [-0.39, 0.29) is 0 Å². The Morgan fingerprint density at radius 1 is 1.88 bits per heavy atom. The highest BCUT2D eigenvalue weighted by Crippen LogP contribution is 1.91. The number of rotatable bonds is 4. The van der Waals surface area contributed by atoms with Gasteiger partial charge in [-0.3, -0.25) is 4.79 Å². The van der Waals surface area contributed by atoms with E-state index in [4.69, 9.17) is 6.42 Å². The lowest BCUT2D eigenvalue weighted by molar-refractivity contribution is -0.107. The molecule has 0 fully saturated rings. The third kappa shape index (κ3) is 5.38. The molecule has 0 rings (SSSR count). The monoisotopic (exact) mass is 129 g/mol. The number of hydrogen-bond acceptors (Lipinski definition) is 2. The van der Waals surface area contributed by atoms with Gasteiger partial charge in [0.25, 0.3) is 0 Å². The SMILES string of the molecule is C#CCCSNC=O. The number of nitrogens with one attached hydrogen (secondary N) is 1. The van der Waals surface area contributed by atoms with Gasteiger partial charge >= 0.3 is 0 Å². The van der Waals surface area contributed by atoms with Crippen molar-refractivity contribution in [3.8, 4) is 12.3 Å². The van der Waals surface area contributed by atoms with E-state index in [1.165, 1.54) is 11.9 Å². The molecule has 8 heavy (non-hydrogen) atoms. The largest absolute Gasteiger partial charge is 0.303 e. The number of amides is 1. The third-order valence-electron chi connectivity index (χ3n) is 0.480. The second-order valence-electron chi connectivity index (χ2n) is 1.04. The van der Waals surface area contributed by atoms with Gasteiger partial charge in [0.05, 0.1) is 0 Å². The molecule has 0 saturated carbocycles. The number of carbonyl (C=O) groups is 1. The van der Waals surface area contributed by atoms with Crippen molar-refractivity contribution >= 4 is 18.4 Å². The minimum absolute atomic E-state index is 0.640. The van der Waals surface area contributed by atoms with Crippen LogP contribution in [0.2, 0.25) is 0 Å². The molecule has 1 N–H and O–H groups in total. The zero-order valence-electron chi connectivity index (χ0n) is 4.39. The first-order valence-electron chi connectivity index (χ1n) is 2.16. The van der Waals surface area contributed by atoms with E-state index in [1.807, 2.05) is 0 Å². The predicted molar refractivity (Wildman–Crippen MR) is 35.1 cm³/mol. The van der Waals surface area contributed by atoms with Crippen LogP contribution in [0.5, 0.6) is 0 Å². The van der Waals surface area contributed by atoms with Crippen LogP contribution in [0, 0.1) is 12.3 Å². The second-order valence-corrected chi connectivity index (χ2v) is 1.97. The molecule has 0 unspecified atom stereocenters. The Balaban J connectivity index is 2.74. The number of carbonyl (C=O) groups excluding carboxylic acids is 1. The first-order valence-corrected chi connectivity index (χ1v) is 3.15. The molecule has 0 aliphatic carbocycles. The summed E-state index contributed by atoms with van der Waals surface area (Å²) in [5, 5.41) is 0. The number of hydrogen-bond donors (Lipinski definition) is 1. The van der Waals surface area contributed by atoms with Crippen LogP contribution in [0.15, 0.2) is 0 Å². The lowest BCUT2D eigenvalue weighted by Crippen LogP contribution is -1.98. The molecule has 0 aromatic rings. The molecule has 0 radical (unpaired) electrons. The maximum Gasteiger partial charge on any atom is 0.216 e. The van der Waals surface area contributed by atoms with Crippen LogP contribution in [-0.2, 0) is 4.79 Å². The maximum absolute atomic E-state index is 9.58. The van der Waals surface area contributed by atoms with E-state index in [9.17, 15) is 4.79 Å². The summed E-state index contributed by atoms with van der Waals surface area (Å²) in [6.07, 6.45) is 6.27. The normalized spacial score (nSPS) is 7.38. The van der Waals surface area contributed by atoms with Crippen molar-refractivity contribution in [1.29, 1.82) is 0 Å². The Bertz CT molecular complexity index is 97.1. The molecule has 0 atom stereocenters. The van der Waals surface area contributed by atoms with E-state index in [0.29, 0.717) is 12.8 Å². The van der Waals surface area contributed by atoms with Gasteiger partial charge in [0.1, 0.15) is 0 Å². The van der Waals surface area contributed by atoms with Crippen molar-refractivity contribution in [3.05, 3.63) is 0 Å². The molecule has 44 valence electrons. The number of terminal acetylenes is 1. The van der Waals surface area contributed by atoms with Crippen LogP contribution in [-0.4, -0.2) is 12.2 Å². The molecule has 2 nitrogen and oxygen atoms in total. The fourth-order valence-electron chi connectivity index (χ4n) is 0.203. The molecule has 0 aliphatic rings. The quantitative estimate of drug-likeness (QED) is 0.258. The van der Waals surface area contributed by atoms with Crippen molar-refractivity contribution in [2.45, 2.75) is 6.42 Å². The van der Waals surface area contributed by atoms with Gasteiger partial charge in [-0.05, 0) is 11.9 Å². The van der Waals surface area contributed by atoms with Crippen LogP contribution in [0.1, 0.15) is 6.42 Å². The summed E-state index contributed by atoms with van der Waals surface area (Å²) in [6.45, 7) is 0.